The monoisotopic (exact) mass is 738 g/mol. The Balaban J connectivity index is 1.68. The van der Waals surface area contributed by atoms with Gasteiger partial charge in [0.15, 0.2) is 11.5 Å². The van der Waals surface area contributed by atoms with Gasteiger partial charge in [-0.05, 0) is 0 Å². The Morgan fingerprint density at radius 1 is 1.11 bits per heavy atom. The van der Waals surface area contributed by atoms with E-state index in [1.54, 1.807) is 19.1 Å². The minimum absolute atomic E-state index is 0.0600. The molecular weight excluding hydrogens is 689 g/mol. The number of likely N-dealkylation sites (tertiary alicyclic amines) is 1. The number of unbranched alkanes of at least 4 members (excludes halogenated alkanes) is 1. The molecule has 1 N–H and O–H groups in total. The Morgan fingerprint density at radius 2 is 1.87 bits per heavy atom. The van der Waals surface area contributed by atoms with Gasteiger partial charge in [-0.15, -0.1) is 0 Å². The van der Waals surface area contributed by atoms with Crippen molar-refractivity contribution in [1.29, 1.82) is 0 Å². The molecule has 2 aromatic carbocycles. The van der Waals surface area contributed by atoms with Gasteiger partial charge in [0.05, 0.1) is 7.11 Å². The van der Waals surface area contributed by atoms with Crippen molar-refractivity contribution in [2.75, 3.05) is 66.8 Å². The second kappa shape index (κ2) is 15.0. The van der Waals surface area contributed by atoms with Crippen LogP contribution in [0.3, 0.4) is 0 Å². The van der Waals surface area contributed by atoms with Crippen molar-refractivity contribution in [1.82, 2.24) is 9.80 Å². The Morgan fingerprint density at radius 3 is 2.51 bits per heavy atom. The first-order chi connectivity index (χ1) is 21.3. The number of carbonyl (C=O) groups excluding carboxylic acids is 2. The summed E-state index contributed by atoms with van der Waals surface area (Å²) in [6, 6.07) is 11.5. The van der Waals surface area contributed by atoms with Gasteiger partial charge in [-0.3, -0.25) is 4.79 Å². The van der Waals surface area contributed by atoms with Gasteiger partial charge in [-0.1, -0.05) is 0 Å². The van der Waals surface area contributed by atoms with Crippen molar-refractivity contribution in [3.05, 3.63) is 47.5 Å². The van der Waals surface area contributed by atoms with Gasteiger partial charge >= 0.3 is 202 Å². The molecule has 1 saturated heterocycles. The summed E-state index contributed by atoms with van der Waals surface area (Å²) in [5, 5.41) is 10.6. The molecule has 2 heterocycles. The number of halogens is 1. The zero-order chi connectivity index (χ0) is 32.9. The van der Waals surface area contributed by atoms with Gasteiger partial charge in [0, 0.05) is 14.0 Å². The topological polar surface area (TPSA) is 109 Å². The molecule has 4 rings (SSSR count). The molecule has 0 saturated carbocycles. The normalized spacial score (nSPS) is 19.8. The Kier molecular flexibility index (Phi) is 11.6. The number of anilines is 1. The number of carboxylic acids is 1. The van der Waals surface area contributed by atoms with Gasteiger partial charge in [0.1, 0.15) is 0 Å². The molecule has 0 aromatic heterocycles. The van der Waals surface area contributed by atoms with Crippen LogP contribution < -0.4 is 37.5 Å². The predicted molar refractivity (Wildman–Crippen MR) is 171 cm³/mol. The summed E-state index contributed by atoms with van der Waals surface area (Å²) in [6.45, 7) is 5.07. The Hall–Kier alpha value is -3.06. The van der Waals surface area contributed by atoms with Gasteiger partial charge in [-0.2, -0.15) is 0 Å². The van der Waals surface area contributed by atoms with Crippen molar-refractivity contribution in [3.8, 4) is 17.2 Å². The quantitative estimate of drug-likeness (QED) is 0.228. The van der Waals surface area contributed by atoms with Crippen molar-refractivity contribution < 1.29 is 52.1 Å². The van der Waals surface area contributed by atoms with Crippen LogP contribution in [-0.4, -0.2) is 101 Å². The van der Waals surface area contributed by atoms with E-state index in [0.717, 1.165) is 28.5 Å². The zero-order valence-electron chi connectivity index (χ0n) is 27.7. The number of nitrogens with zero attached hydrogens (tertiary/aromatic N) is 3. The molecule has 2 aromatic rings. The number of amides is 2. The average Bonchev–Trinajstić information content (AvgIpc) is 3.59. The number of rotatable bonds is 14. The van der Waals surface area contributed by atoms with Crippen LogP contribution in [0.2, 0.25) is 0 Å². The first-order valence-corrected chi connectivity index (χ1v) is 23.4. The number of carbonyl (C=O) groups is 3. The van der Waals surface area contributed by atoms with E-state index in [1.807, 2.05) is 34.1 Å². The zero-order valence-corrected chi connectivity index (χ0v) is 29.8. The number of methoxy groups -OCH3 is 1. The fourth-order valence-corrected chi connectivity index (χ4v) is 9.40. The number of carboxylic acid groups (broad SMARTS) is 1. The fourth-order valence-electron chi connectivity index (χ4n) is 6.28. The van der Waals surface area contributed by atoms with Gasteiger partial charge in [0.2, 0.25) is 18.4 Å². The number of ether oxygens (including phenoxy) is 3. The molecule has 0 spiro atoms. The summed E-state index contributed by atoms with van der Waals surface area (Å²) in [5.74, 6) is -0.839. The van der Waals surface area contributed by atoms with Crippen LogP contribution in [0, 0.1) is 5.92 Å². The molecule has 3 atom stereocenters. The number of benzene rings is 2. The molecule has 2 aliphatic rings. The van der Waals surface area contributed by atoms with E-state index >= 15 is 0 Å². The van der Waals surface area contributed by atoms with Crippen molar-refractivity contribution in [2.45, 2.75) is 49.5 Å². The van der Waals surface area contributed by atoms with E-state index in [1.165, 1.54) is 12.5 Å². The van der Waals surface area contributed by atoms with Gasteiger partial charge < -0.3 is 14.2 Å². The Bertz CT molecular complexity index is 1380. The van der Waals surface area contributed by atoms with Crippen LogP contribution in [-0.2, 0) is 18.8 Å². The van der Waals surface area contributed by atoms with E-state index < -0.39 is 42.3 Å². The Labute approximate surface area is 271 Å². The number of alkyl halides is 4. The SMILES string of the molecule is CCCCN(C(=O)CN1C[C@H](c2cc(OC)c3c(c2)OCO3)[C@@H](C(=O)O)[C@@H]1CCN(C)C(C)=O)c1cccc(C[I-](C)(C)C)c1. The van der Waals surface area contributed by atoms with E-state index in [-0.39, 0.29) is 25.2 Å². The molecule has 0 unspecified atom stereocenters. The molecule has 0 bridgehead atoms. The van der Waals surface area contributed by atoms with E-state index in [9.17, 15) is 19.5 Å². The van der Waals surface area contributed by atoms with E-state index in [0.29, 0.717) is 43.3 Å². The van der Waals surface area contributed by atoms with Crippen LogP contribution in [0.1, 0.15) is 50.2 Å². The van der Waals surface area contributed by atoms with Crippen LogP contribution >= 0.6 is 0 Å². The molecule has 10 nitrogen and oxygen atoms in total. The molecule has 2 amide bonds. The molecule has 250 valence electrons. The maximum atomic E-state index is 14.2. The second-order valence-corrected chi connectivity index (χ2v) is 24.6. The third-order valence-electron chi connectivity index (χ3n) is 8.59. The summed E-state index contributed by atoms with van der Waals surface area (Å²) in [4.78, 5) is 51.8. The predicted octanol–water partition coefficient (Wildman–Crippen LogP) is 1.14. The van der Waals surface area contributed by atoms with Crippen molar-refractivity contribution in [2.24, 2.45) is 5.92 Å². The van der Waals surface area contributed by atoms with Gasteiger partial charge in [0.25, 0.3) is 0 Å². The third-order valence-corrected chi connectivity index (χ3v) is 11.8. The number of aliphatic carboxylic acids is 1. The summed E-state index contributed by atoms with van der Waals surface area (Å²) in [5.41, 5.74) is 2.89. The van der Waals surface area contributed by atoms with Gasteiger partial charge in [-0.25, -0.2) is 0 Å². The van der Waals surface area contributed by atoms with Crippen LogP contribution in [0.5, 0.6) is 17.2 Å². The summed E-state index contributed by atoms with van der Waals surface area (Å²) in [7, 11) is 3.25. The van der Waals surface area contributed by atoms with Crippen molar-refractivity contribution >= 4 is 23.5 Å². The average molecular weight is 739 g/mol. The first kappa shape index (κ1) is 34.8. The first-order valence-electron chi connectivity index (χ1n) is 15.4. The summed E-state index contributed by atoms with van der Waals surface area (Å²) in [6.07, 6.45) is 2.22. The fraction of sp³-hybridized carbons (Fsp3) is 0.559. The summed E-state index contributed by atoms with van der Waals surface area (Å²) < 4.78 is 17.9. The standard InChI is InChI=1S/C34H49IN3O7/c1-8-9-14-38(26-12-10-11-24(16-26)19-35(3,4)5)31(40)21-37-20-27(25-17-29(43-7)33-30(18-25)44-22-45-33)32(34(41)42)28(37)13-15-36(6)23(2)39/h10-12,16-18,27-28,32H,8-9,13-15,19-22H2,1-7H3,(H,41,42)/q-1/t27-,28+,32-/m1/s1. The number of hydrogen-bond donors (Lipinski definition) is 1. The molecule has 1 fully saturated rings. The molecule has 0 aliphatic carbocycles. The second-order valence-electron chi connectivity index (χ2n) is 12.8. The molecule has 2 aliphatic heterocycles. The van der Waals surface area contributed by atoms with Crippen LogP contribution in [0.15, 0.2) is 36.4 Å². The van der Waals surface area contributed by atoms with Crippen molar-refractivity contribution in [3.63, 3.8) is 0 Å². The molecule has 0 radical (unpaired) electrons. The molecule has 11 heteroatoms. The maximum absolute atomic E-state index is 14.2. The molecule has 45 heavy (non-hydrogen) atoms. The van der Waals surface area contributed by atoms with Crippen LogP contribution in [0.4, 0.5) is 5.69 Å². The number of fused-ring (bicyclic) bond motifs is 1. The minimum atomic E-state index is -1.80. The van der Waals surface area contributed by atoms with E-state index in [2.05, 4.69) is 33.8 Å². The number of hydrogen-bond acceptors (Lipinski definition) is 7. The summed E-state index contributed by atoms with van der Waals surface area (Å²) >= 11 is -1.80. The third kappa shape index (κ3) is 8.60. The van der Waals surface area contributed by atoms with Crippen LogP contribution in [0.25, 0.3) is 0 Å². The molecular formula is C34H49IN3O7-. The van der Waals surface area contributed by atoms with E-state index in [4.69, 9.17) is 14.2 Å².